The molecule has 2 atom stereocenters. The molecule has 1 saturated heterocycles. The van der Waals surface area contributed by atoms with Crippen molar-refractivity contribution in [2.24, 2.45) is 0 Å². The van der Waals surface area contributed by atoms with Crippen LogP contribution in [-0.2, 0) is 14.2 Å². The van der Waals surface area contributed by atoms with E-state index in [0.717, 1.165) is 13.1 Å². The van der Waals surface area contributed by atoms with Gasteiger partial charge in [0.1, 0.15) is 0 Å². The fraction of sp³-hybridized carbons (Fsp3) is 1.00. The normalized spacial score (nSPS) is 29.1. The van der Waals surface area contributed by atoms with E-state index in [4.69, 9.17) is 14.2 Å². The van der Waals surface area contributed by atoms with Crippen molar-refractivity contribution < 1.29 is 14.2 Å². The summed E-state index contributed by atoms with van der Waals surface area (Å²) in [7, 11) is 1.67. The Morgan fingerprint density at radius 1 is 1.38 bits per heavy atom. The van der Waals surface area contributed by atoms with Crippen molar-refractivity contribution in [1.82, 2.24) is 5.32 Å². The van der Waals surface area contributed by atoms with Gasteiger partial charge in [-0.3, -0.25) is 0 Å². The minimum atomic E-state index is 0.195. The molecule has 4 heteroatoms. The summed E-state index contributed by atoms with van der Waals surface area (Å²) < 4.78 is 15.9. The molecule has 0 saturated carbocycles. The van der Waals surface area contributed by atoms with Crippen LogP contribution in [-0.4, -0.2) is 52.2 Å². The van der Waals surface area contributed by atoms with Gasteiger partial charge in [-0.15, -0.1) is 0 Å². The fourth-order valence-corrected chi connectivity index (χ4v) is 1.33. The summed E-state index contributed by atoms with van der Waals surface area (Å²) in [5.41, 5.74) is 0. The zero-order valence-electron chi connectivity index (χ0n) is 8.41. The van der Waals surface area contributed by atoms with Gasteiger partial charge in [-0.2, -0.15) is 0 Å². The van der Waals surface area contributed by atoms with Crippen molar-refractivity contribution in [2.45, 2.75) is 19.1 Å². The number of nitrogens with one attached hydrogen (secondary N) is 1. The topological polar surface area (TPSA) is 39.7 Å². The van der Waals surface area contributed by atoms with Crippen LogP contribution in [0.4, 0.5) is 0 Å². The summed E-state index contributed by atoms with van der Waals surface area (Å²) >= 11 is 0. The first kappa shape index (κ1) is 10.9. The van der Waals surface area contributed by atoms with Crippen LogP contribution in [0.3, 0.4) is 0 Å². The molecule has 13 heavy (non-hydrogen) atoms. The van der Waals surface area contributed by atoms with Gasteiger partial charge in [0.05, 0.1) is 32.0 Å². The molecule has 2 unspecified atom stereocenters. The Labute approximate surface area is 79.5 Å². The third kappa shape index (κ3) is 4.57. The van der Waals surface area contributed by atoms with Crippen molar-refractivity contribution in [2.75, 3.05) is 40.0 Å². The van der Waals surface area contributed by atoms with Gasteiger partial charge in [-0.05, 0) is 6.92 Å². The highest BCUT2D eigenvalue weighted by Gasteiger charge is 2.18. The molecule has 0 aromatic rings. The van der Waals surface area contributed by atoms with E-state index in [1.807, 2.05) is 0 Å². The molecule has 0 aromatic carbocycles. The summed E-state index contributed by atoms with van der Waals surface area (Å²) in [6.07, 6.45) is 0.491. The molecule has 1 aliphatic rings. The Bertz CT molecular complexity index is 132. The van der Waals surface area contributed by atoms with E-state index in [9.17, 15) is 0 Å². The molecular formula is C9H19NO3. The van der Waals surface area contributed by atoms with Crippen LogP contribution in [0.15, 0.2) is 0 Å². The number of hydrogen-bond acceptors (Lipinski definition) is 4. The van der Waals surface area contributed by atoms with E-state index in [0.29, 0.717) is 25.9 Å². The Morgan fingerprint density at radius 2 is 2.23 bits per heavy atom. The van der Waals surface area contributed by atoms with Crippen molar-refractivity contribution in [3.05, 3.63) is 0 Å². The van der Waals surface area contributed by atoms with E-state index in [1.54, 1.807) is 7.11 Å². The molecule has 0 aromatic heterocycles. The van der Waals surface area contributed by atoms with Crippen LogP contribution in [0, 0.1) is 0 Å². The summed E-state index contributed by atoms with van der Waals surface area (Å²) in [4.78, 5) is 0. The Morgan fingerprint density at radius 3 is 2.92 bits per heavy atom. The van der Waals surface area contributed by atoms with Crippen LogP contribution in [0.5, 0.6) is 0 Å². The molecule has 78 valence electrons. The van der Waals surface area contributed by atoms with Crippen LogP contribution in [0.25, 0.3) is 0 Å². The van der Waals surface area contributed by atoms with Crippen molar-refractivity contribution in [1.29, 1.82) is 0 Å². The zero-order chi connectivity index (χ0) is 9.52. The maximum atomic E-state index is 5.64. The lowest BCUT2D eigenvalue weighted by molar-refractivity contribution is -0.0731. The second-order valence-electron chi connectivity index (χ2n) is 3.29. The van der Waals surface area contributed by atoms with Crippen LogP contribution >= 0.6 is 0 Å². The highest BCUT2D eigenvalue weighted by molar-refractivity contribution is 4.70. The van der Waals surface area contributed by atoms with Gasteiger partial charge >= 0.3 is 0 Å². The number of hydrogen-bond donors (Lipinski definition) is 1. The number of methoxy groups -OCH3 is 1. The molecule has 1 rings (SSSR count). The van der Waals surface area contributed by atoms with Crippen molar-refractivity contribution in [3.63, 3.8) is 0 Å². The highest BCUT2D eigenvalue weighted by Crippen LogP contribution is 2.03. The first-order valence-corrected chi connectivity index (χ1v) is 4.75. The van der Waals surface area contributed by atoms with Gasteiger partial charge in [-0.25, -0.2) is 0 Å². The summed E-state index contributed by atoms with van der Waals surface area (Å²) in [6.45, 7) is 5.83. The fourth-order valence-electron chi connectivity index (χ4n) is 1.33. The Kier molecular flexibility index (Phi) is 5.31. The third-order valence-electron chi connectivity index (χ3n) is 1.96. The van der Waals surface area contributed by atoms with Gasteiger partial charge < -0.3 is 19.5 Å². The third-order valence-corrected chi connectivity index (χ3v) is 1.96. The summed E-state index contributed by atoms with van der Waals surface area (Å²) in [5.74, 6) is 0. The largest absolute Gasteiger partial charge is 0.382 e. The molecule has 0 spiro atoms. The minimum absolute atomic E-state index is 0.195. The first-order valence-electron chi connectivity index (χ1n) is 4.75. The van der Waals surface area contributed by atoms with Crippen LogP contribution < -0.4 is 5.32 Å². The van der Waals surface area contributed by atoms with Gasteiger partial charge in [0, 0.05) is 20.2 Å². The lowest BCUT2D eigenvalue weighted by atomic mass is 10.2. The lowest BCUT2D eigenvalue weighted by Crippen LogP contribution is -2.45. The average Bonchev–Trinajstić information content (AvgIpc) is 2.13. The highest BCUT2D eigenvalue weighted by atomic mass is 16.6. The zero-order valence-corrected chi connectivity index (χ0v) is 8.41. The van der Waals surface area contributed by atoms with Crippen molar-refractivity contribution >= 4 is 0 Å². The van der Waals surface area contributed by atoms with Crippen molar-refractivity contribution in [3.8, 4) is 0 Å². The quantitative estimate of drug-likeness (QED) is 0.619. The predicted octanol–water partition coefficient (Wildman–Crippen LogP) is 0.0263. The molecule has 1 N–H and O–H groups in total. The standard InChI is InChI=1S/C9H19NO3/c1-8-5-10-6-9(13-8)7-12-4-3-11-2/h8-10H,3-7H2,1-2H3. The molecular weight excluding hydrogens is 170 g/mol. The van der Waals surface area contributed by atoms with Gasteiger partial charge in [0.15, 0.2) is 0 Å². The Hall–Kier alpha value is -0.160. The second-order valence-corrected chi connectivity index (χ2v) is 3.29. The molecule has 1 aliphatic heterocycles. The first-order chi connectivity index (χ1) is 6.33. The van der Waals surface area contributed by atoms with E-state index in [2.05, 4.69) is 12.2 Å². The van der Waals surface area contributed by atoms with E-state index in [1.165, 1.54) is 0 Å². The van der Waals surface area contributed by atoms with E-state index < -0.39 is 0 Å². The second kappa shape index (κ2) is 6.32. The number of rotatable bonds is 5. The predicted molar refractivity (Wildman–Crippen MR) is 49.9 cm³/mol. The van der Waals surface area contributed by atoms with Crippen LogP contribution in [0.1, 0.15) is 6.92 Å². The smallest absolute Gasteiger partial charge is 0.0936 e. The number of ether oxygens (including phenoxy) is 3. The summed E-state index contributed by atoms with van der Waals surface area (Å²) in [5, 5.41) is 3.29. The molecule has 0 bridgehead atoms. The van der Waals surface area contributed by atoms with E-state index in [-0.39, 0.29) is 6.10 Å². The van der Waals surface area contributed by atoms with Gasteiger partial charge in [0.25, 0.3) is 0 Å². The average molecular weight is 189 g/mol. The monoisotopic (exact) mass is 189 g/mol. The Balaban J connectivity index is 2.00. The molecule has 4 nitrogen and oxygen atoms in total. The van der Waals surface area contributed by atoms with Crippen LogP contribution in [0.2, 0.25) is 0 Å². The molecule has 0 amide bonds. The maximum Gasteiger partial charge on any atom is 0.0936 e. The number of morpholine rings is 1. The molecule has 1 heterocycles. The molecule has 0 radical (unpaired) electrons. The molecule has 1 fully saturated rings. The minimum Gasteiger partial charge on any atom is -0.382 e. The van der Waals surface area contributed by atoms with E-state index >= 15 is 0 Å². The van der Waals surface area contributed by atoms with Gasteiger partial charge in [-0.1, -0.05) is 0 Å². The SMILES string of the molecule is COCCOCC1CNCC(C)O1. The van der Waals surface area contributed by atoms with Gasteiger partial charge in [0.2, 0.25) is 0 Å². The molecule has 0 aliphatic carbocycles. The lowest BCUT2D eigenvalue weighted by Gasteiger charge is -2.28. The maximum absolute atomic E-state index is 5.64. The summed E-state index contributed by atoms with van der Waals surface area (Å²) in [6, 6.07) is 0.